The van der Waals surface area contributed by atoms with Crippen LogP contribution in [0.25, 0.3) is 0 Å². The average Bonchev–Trinajstić information content (AvgIpc) is 2.75. The first-order chi connectivity index (χ1) is 14.4. The fourth-order valence-corrected chi connectivity index (χ4v) is 3.36. The number of hydrogen-bond acceptors (Lipinski definition) is 3. The number of likely N-dealkylation sites (N-methyl/N-ethyl adjacent to an activating group) is 1. The van der Waals surface area contributed by atoms with Gasteiger partial charge in [0.25, 0.3) is 0 Å². The molecule has 2 atom stereocenters. The van der Waals surface area contributed by atoms with E-state index >= 15 is 0 Å². The number of aryl methyl sites for hydroxylation is 1. The summed E-state index contributed by atoms with van der Waals surface area (Å²) < 4.78 is 5.77. The van der Waals surface area contributed by atoms with Crippen LogP contribution in [0.4, 0.5) is 0 Å². The van der Waals surface area contributed by atoms with Gasteiger partial charge < -0.3 is 20.3 Å². The number of para-hydroxylation sites is 1. The van der Waals surface area contributed by atoms with E-state index in [0.29, 0.717) is 18.5 Å². The number of carbonyl (C=O) groups excluding carboxylic acids is 1. The maximum Gasteiger partial charge on any atom is 0.243 e. The van der Waals surface area contributed by atoms with Gasteiger partial charge in [0.2, 0.25) is 5.91 Å². The van der Waals surface area contributed by atoms with E-state index in [1.807, 2.05) is 18.2 Å². The van der Waals surface area contributed by atoms with Crippen molar-refractivity contribution in [1.29, 1.82) is 0 Å². The van der Waals surface area contributed by atoms with E-state index in [2.05, 4.69) is 59.8 Å². The number of hydrogen-bond donors (Lipinski definition) is 2. The maximum absolute atomic E-state index is 12.1. The predicted octanol–water partition coefficient (Wildman–Crippen LogP) is 3.86. The molecule has 0 aromatic heterocycles. The van der Waals surface area contributed by atoms with Gasteiger partial charge in [-0.25, -0.2) is 4.99 Å². The first kappa shape index (κ1) is 25.0. The molecule has 0 spiro atoms. The Bertz CT molecular complexity index is 883. The number of fused-ring (bicyclic) bond motifs is 1. The molecule has 2 unspecified atom stereocenters. The summed E-state index contributed by atoms with van der Waals surface area (Å²) in [5.74, 6) is 1.82. The van der Waals surface area contributed by atoms with Gasteiger partial charge in [-0.1, -0.05) is 55.0 Å². The third kappa shape index (κ3) is 7.12. The van der Waals surface area contributed by atoms with Gasteiger partial charge in [-0.3, -0.25) is 4.79 Å². The average molecular weight is 536 g/mol. The Labute approximate surface area is 202 Å². The Balaban J connectivity index is 0.00000341. The third-order valence-corrected chi connectivity index (χ3v) is 5.36. The topological polar surface area (TPSA) is 66.0 Å². The molecule has 2 aromatic carbocycles. The SMILES string of the molecule is Cc1ccc(C(C)CNC(=NCC(=O)N(C)C)NC2CCOc3ccccc32)cc1.I. The summed E-state index contributed by atoms with van der Waals surface area (Å²) in [5, 5.41) is 6.94. The summed E-state index contributed by atoms with van der Waals surface area (Å²) in [6, 6.07) is 16.7. The normalized spacial score (nSPS) is 16.3. The molecule has 1 heterocycles. The molecule has 0 aliphatic carbocycles. The predicted molar refractivity (Wildman–Crippen MR) is 136 cm³/mol. The van der Waals surface area contributed by atoms with Gasteiger partial charge in [-0.2, -0.15) is 0 Å². The molecule has 0 bridgehead atoms. The number of carbonyl (C=O) groups is 1. The first-order valence-corrected chi connectivity index (χ1v) is 10.5. The second-order valence-corrected chi connectivity index (χ2v) is 8.02. The molecule has 2 aromatic rings. The summed E-state index contributed by atoms with van der Waals surface area (Å²) in [5.41, 5.74) is 3.64. The summed E-state index contributed by atoms with van der Waals surface area (Å²) in [6.07, 6.45) is 0.840. The van der Waals surface area contributed by atoms with Crippen LogP contribution in [0.15, 0.2) is 53.5 Å². The zero-order chi connectivity index (χ0) is 21.5. The van der Waals surface area contributed by atoms with Crippen LogP contribution in [0.2, 0.25) is 0 Å². The van der Waals surface area contributed by atoms with Crippen molar-refractivity contribution in [3.8, 4) is 5.75 Å². The highest BCUT2D eigenvalue weighted by Crippen LogP contribution is 2.31. The molecule has 0 radical (unpaired) electrons. The van der Waals surface area contributed by atoms with Gasteiger partial charge in [0, 0.05) is 32.6 Å². The third-order valence-electron chi connectivity index (χ3n) is 5.36. The lowest BCUT2D eigenvalue weighted by molar-refractivity contribution is -0.127. The van der Waals surface area contributed by atoms with Gasteiger partial charge in [-0.05, 0) is 24.5 Å². The number of amides is 1. The first-order valence-electron chi connectivity index (χ1n) is 10.5. The van der Waals surface area contributed by atoms with Crippen molar-refractivity contribution < 1.29 is 9.53 Å². The van der Waals surface area contributed by atoms with Crippen molar-refractivity contribution in [3.63, 3.8) is 0 Å². The number of aliphatic imine (C=N–C) groups is 1. The van der Waals surface area contributed by atoms with Gasteiger partial charge in [-0.15, -0.1) is 24.0 Å². The smallest absolute Gasteiger partial charge is 0.243 e. The van der Waals surface area contributed by atoms with E-state index in [-0.39, 0.29) is 42.5 Å². The summed E-state index contributed by atoms with van der Waals surface area (Å²) in [6.45, 7) is 5.75. The molecule has 31 heavy (non-hydrogen) atoms. The van der Waals surface area contributed by atoms with E-state index in [4.69, 9.17) is 4.74 Å². The molecule has 168 valence electrons. The number of nitrogens with one attached hydrogen (secondary N) is 2. The van der Waals surface area contributed by atoms with Crippen molar-refractivity contribution in [2.75, 3.05) is 33.8 Å². The highest BCUT2D eigenvalue weighted by atomic mass is 127. The molecule has 6 nitrogen and oxygen atoms in total. The molecule has 2 N–H and O–H groups in total. The Hall–Kier alpha value is -2.29. The lowest BCUT2D eigenvalue weighted by atomic mass is 10.00. The molecule has 0 saturated carbocycles. The number of halogens is 1. The number of rotatable bonds is 6. The lowest BCUT2D eigenvalue weighted by Crippen LogP contribution is -2.43. The lowest BCUT2D eigenvalue weighted by Gasteiger charge is -2.28. The van der Waals surface area contributed by atoms with E-state index < -0.39 is 0 Å². The zero-order valence-electron chi connectivity index (χ0n) is 18.7. The van der Waals surface area contributed by atoms with Crippen LogP contribution in [-0.4, -0.2) is 50.6 Å². The monoisotopic (exact) mass is 536 g/mol. The fourth-order valence-electron chi connectivity index (χ4n) is 3.36. The van der Waals surface area contributed by atoms with Gasteiger partial charge in [0.1, 0.15) is 12.3 Å². The van der Waals surface area contributed by atoms with Crippen LogP contribution in [0.1, 0.15) is 42.0 Å². The van der Waals surface area contributed by atoms with E-state index in [0.717, 1.165) is 24.3 Å². The zero-order valence-corrected chi connectivity index (χ0v) is 21.1. The van der Waals surface area contributed by atoms with Crippen molar-refractivity contribution in [2.45, 2.75) is 32.2 Å². The van der Waals surface area contributed by atoms with Gasteiger partial charge in [0.15, 0.2) is 5.96 Å². The Morgan fingerprint density at radius 3 is 2.61 bits per heavy atom. The molecule has 0 fully saturated rings. The molecular formula is C24H33IN4O2. The Morgan fingerprint density at radius 1 is 1.19 bits per heavy atom. The molecule has 0 saturated heterocycles. The highest BCUT2D eigenvalue weighted by molar-refractivity contribution is 14.0. The highest BCUT2D eigenvalue weighted by Gasteiger charge is 2.22. The largest absolute Gasteiger partial charge is 0.493 e. The van der Waals surface area contributed by atoms with Crippen LogP contribution in [-0.2, 0) is 4.79 Å². The minimum Gasteiger partial charge on any atom is -0.493 e. The molecule has 1 amide bonds. The fraction of sp³-hybridized carbons (Fsp3) is 0.417. The molecule has 1 aliphatic heterocycles. The van der Waals surface area contributed by atoms with Gasteiger partial charge in [0.05, 0.1) is 12.6 Å². The van der Waals surface area contributed by atoms with Crippen LogP contribution < -0.4 is 15.4 Å². The van der Waals surface area contributed by atoms with E-state index in [9.17, 15) is 4.79 Å². The summed E-state index contributed by atoms with van der Waals surface area (Å²) in [7, 11) is 3.49. The van der Waals surface area contributed by atoms with Crippen molar-refractivity contribution in [2.24, 2.45) is 4.99 Å². The number of benzene rings is 2. The van der Waals surface area contributed by atoms with Crippen LogP contribution in [0.5, 0.6) is 5.75 Å². The quantitative estimate of drug-likeness (QED) is 0.335. The van der Waals surface area contributed by atoms with Crippen LogP contribution >= 0.6 is 24.0 Å². The van der Waals surface area contributed by atoms with Crippen molar-refractivity contribution in [1.82, 2.24) is 15.5 Å². The Morgan fingerprint density at radius 2 is 1.90 bits per heavy atom. The maximum atomic E-state index is 12.1. The molecule has 7 heteroatoms. The van der Waals surface area contributed by atoms with E-state index in [1.54, 1.807) is 19.0 Å². The second-order valence-electron chi connectivity index (χ2n) is 8.02. The van der Waals surface area contributed by atoms with Crippen LogP contribution in [0, 0.1) is 6.92 Å². The van der Waals surface area contributed by atoms with Crippen molar-refractivity contribution in [3.05, 3.63) is 65.2 Å². The van der Waals surface area contributed by atoms with Crippen LogP contribution in [0.3, 0.4) is 0 Å². The second kappa shape index (κ2) is 11.9. The molecular weight excluding hydrogens is 503 g/mol. The summed E-state index contributed by atoms with van der Waals surface area (Å²) >= 11 is 0. The summed E-state index contributed by atoms with van der Waals surface area (Å²) in [4.78, 5) is 18.2. The van der Waals surface area contributed by atoms with Gasteiger partial charge >= 0.3 is 0 Å². The molecule has 1 aliphatic rings. The number of nitrogens with zero attached hydrogens (tertiary/aromatic N) is 2. The molecule has 3 rings (SSSR count). The minimum absolute atomic E-state index is 0. The number of guanidine groups is 1. The number of ether oxygens (including phenoxy) is 1. The van der Waals surface area contributed by atoms with Crippen molar-refractivity contribution >= 4 is 35.8 Å². The standard InChI is InChI=1S/C24H32N4O2.HI/c1-17-9-11-19(12-10-17)18(2)15-25-24(26-16-23(29)28(3)4)27-21-13-14-30-22-8-6-5-7-20(21)22;/h5-12,18,21H,13-16H2,1-4H3,(H2,25,26,27);1H. The Kier molecular flexibility index (Phi) is 9.61. The minimum atomic E-state index is -0.0324. The van der Waals surface area contributed by atoms with E-state index in [1.165, 1.54) is 11.1 Å².